The van der Waals surface area contributed by atoms with E-state index in [9.17, 15) is 13.6 Å². The van der Waals surface area contributed by atoms with Crippen molar-refractivity contribution in [2.24, 2.45) is 0 Å². The maximum atomic E-state index is 13.6. The van der Waals surface area contributed by atoms with Crippen molar-refractivity contribution in [3.8, 4) is 11.3 Å². The number of hydrogen-bond donors (Lipinski definition) is 1. The molecule has 3 nitrogen and oxygen atoms in total. The Morgan fingerprint density at radius 3 is 2.95 bits per heavy atom. The van der Waals surface area contributed by atoms with Crippen LogP contribution in [0.1, 0.15) is 26.2 Å². The molecule has 0 spiro atoms. The topological polar surface area (TPSA) is 42.0 Å². The first-order valence-electron chi connectivity index (χ1n) is 6.31. The lowest BCUT2D eigenvalue weighted by atomic mass is 10.1. The molecule has 1 aromatic heterocycles. The van der Waals surface area contributed by atoms with Crippen molar-refractivity contribution in [1.29, 1.82) is 0 Å². The molecule has 0 atom stereocenters. The molecule has 0 unspecified atom stereocenters. The molecule has 0 aliphatic carbocycles. The fourth-order valence-electron chi connectivity index (χ4n) is 1.67. The summed E-state index contributed by atoms with van der Waals surface area (Å²) in [6.45, 7) is 2.00. The summed E-state index contributed by atoms with van der Waals surface area (Å²) in [5.41, 5.74) is 0.410. The van der Waals surface area contributed by atoms with Gasteiger partial charge in [-0.3, -0.25) is 4.79 Å². The van der Waals surface area contributed by atoms with Gasteiger partial charge in [-0.25, -0.2) is 13.8 Å². The third-order valence-corrected chi connectivity index (χ3v) is 3.47. The van der Waals surface area contributed by atoms with E-state index in [0.29, 0.717) is 17.2 Å². The quantitative estimate of drug-likeness (QED) is 0.897. The SMILES string of the molecule is CCCCC(=O)Nc1nc(-c2cc(F)ccc2F)cs1. The highest BCUT2D eigenvalue weighted by molar-refractivity contribution is 7.14. The second kappa shape index (κ2) is 6.56. The number of carbonyl (C=O) groups excluding carboxylic acids is 1. The summed E-state index contributed by atoms with van der Waals surface area (Å²) >= 11 is 1.19. The van der Waals surface area contributed by atoms with E-state index in [0.717, 1.165) is 31.0 Å². The second-order valence-corrected chi connectivity index (χ2v) is 5.17. The van der Waals surface area contributed by atoms with Gasteiger partial charge >= 0.3 is 0 Å². The fraction of sp³-hybridized carbons (Fsp3) is 0.286. The zero-order valence-electron chi connectivity index (χ0n) is 11.0. The Labute approximate surface area is 119 Å². The summed E-state index contributed by atoms with van der Waals surface area (Å²) in [6, 6.07) is 3.20. The number of nitrogens with one attached hydrogen (secondary N) is 1. The van der Waals surface area contributed by atoms with Gasteiger partial charge in [0.05, 0.1) is 5.69 Å². The molecular formula is C14H14F2N2OS. The molecule has 0 saturated carbocycles. The minimum absolute atomic E-state index is 0.0929. The fourth-order valence-corrected chi connectivity index (χ4v) is 2.39. The van der Waals surface area contributed by atoms with Gasteiger partial charge in [0.25, 0.3) is 0 Å². The summed E-state index contributed by atoms with van der Waals surface area (Å²) in [6.07, 6.45) is 2.17. The first-order chi connectivity index (χ1) is 9.60. The van der Waals surface area contributed by atoms with E-state index in [1.54, 1.807) is 5.38 Å². The standard InChI is InChI=1S/C14H14F2N2OS/c1-2-3-4-13(19)18-14-17-12(8-20-14)10-7-9(15)5-6-11(10)16/h5-8H,2-4H2,1H3,(H,17,18,19). The molecule has 2 aromatic rings. The zero-order chi connectivity index (χ0) is 14.5. The number of unbranched alkanes of at least 4 members (excludes halogenated alkanes) is 1. The van der Waals surface area contributed by atoms with E-state index in [2.05, 4.69) is 10.3 Å². The Morgan fingerprint density at radius 1 is 1.40 bits per heavy atom. The first-order valence-corrected chi connectivity index (χ1v) is 7.19. The molecule has 0 saturated heterocycles. The van der Waals surface area contributed by atoms with E-state index in [1.807, 2.05) is 6.92 Å². The number of carbonyl (C=O) groups is 1. The highest BCUT2D eigenvalue weighted by atomic mass is 32.1. The third kappa shape index (κ3) is 3.60. The van der Waals surface area contributed by atoms with Crippen LogP contribution >= 0.6 is 11.3 Å². The number of nitrogens with zero attached hydrogens (tertiary/aromatic N) is 1. The highest BCUT2D eigenvalue weighted by Crippen LogP contribution is 2.27. The maximum Gasteiger partial charge on any atom is 0.226 e. The molecule has 2 rings (SSSR count). The van der Waals surface area contributed by atoms with Crippen molar-refractivity contribution in [2.75, 3.05) is 5.32 Å². The smallest absolute Gasteiger partial charge is 0.226 e. The van der Waals surface area contributed by atoms with Gasteiger partial charge < -0.3 is 5.32 Å². The average molecular weight is 296 g/mol. The Hall–Kier alpha value is -1.82. The minimum Gasteiger partial charge on any atom is -0.302 e. The van der Waals surface area contributed by atoms with E-state index in [4.69, 9.17) is 0 Å². The van der Waals surface area contributed by atoms with Crippen molar-refractivity contribution < 1.29 is 13.6 Å². The van der Waals surface area contributed by atoms with Gasteiger partial charge in [-0.1, -0.05) is 13.3 Å². The van der Waals surface area contributed by atoms with E-state index in [1.165, 1.54) is 11.3 Å². The number of anilines is 1. The molecule has 106 valence electrons. The number of amides is 1. The number of benzene rings is 1. The van der Waals surface area contributed by atoms with Crippen LogP contribution < -0.4 is 5.32 Å². The summed E-state index contributed by atoms with van der Waals surface area (Å²) in [7, 11) is 0. The van der Waals surface area contributed by atoms with Crippen molar-refractivity contribution >= 4 is 22.4 Å². The molecule has 1 aromatic carbocycles. The van der Waals surface area contributed by atoms with Crippen LogP contribution in [0, 0.1) is 11.6 Å². The van der Waals surface area contributed by atoms with Crippen molar-refractivity contribution in [3.05, 3.63) is 35.2 Å². The minimum atomic E-state index is -0.541. The number of rotatable bonds is 5. The van der Waals surface area contributed by atoms with Crippen LogP contribution in [-0.2, 0) is 4.79 Å². The molecular weight excluding hydrogens is 282 g/mol. The molecule has 0 aliphatic heterocycles. The number of halogens is 2. The van der Waals surface area contributed by atoms with Crippen LogP contribution in [-0.4, -0.2) is 10.9 Å². The van der Waals surface area contributed by atoms with E-state index in [-0.39, 0.29) is 11.5 Å². The number of hydrogen-bond acceptors (Lipinski definition) is 3. The number of thiazole rings is 1. The molecule has 6 heteroatoms. The van der Waals surface area contributed by atoms with Gasteiger partial charge in [0.1, 0.15) is 11.6 Å². The molecule has 1 heterocycles. The predicted octanol–water partition coefficient (Wildman–Crippen LogP) is 4.22. The lowest BCUT2D eigenvalue weighted by molar-refractivity contribution is -0.116. The summed E-state index contributed by atoms with van der Waals surface area (Å²) in [4.78, 5) is 15.7. The van der Waals surface area contributed by atoms with Gasteiger partial charge in [0, 0.05) is 17.4 Å². The molecule has 20 heavy (non-hydrogen) atoms. The van der Waals surface area contributed by atoms with Gasteiger partial charge in [0.2, 0.25) is 5.91 Å². The van der Waals surface area contributed by atoms with Crippen LogP contribution in [0.2, 0.25) is 0 Å². The normalized spacial score (nSPS) is 10.6. The van der Waals surface area contributed by atoms with Gasteiger partial charge in [-0.05, 0) is 24.6 Å². The van der Waals surface area contributed by atoms with Crippen molar-refractivity contribution in [1.82, 2.24) is 4.98 Å². The Bertz CT molecular complexity index is 613. The molecule has 1 amide bonds. The first kappa shape index (κ1) is 14.6. The lowest BCUT2D eigenvalue weighted by Gasteiger charge is -2.01. The third-order valence-electron chi connectivity index (χ3n) is 2.71. The summed E-state index contributed by atoms with van der Waals surface area (Å²) in [5, 5.41) is 4.64. The average Bonchev–Trinajstić information content (AvgIpc) is 2.87. The largest absolute Gasteiger partial charge is 0.302 e. The second-order valence-electron chi connectivity index (χ2n) is 4.31. The maximum absolute atomic E-state index is 13.6. The zero-order valence-corrected chi connectivity index (χ0v) is 11.8. The van der Waals surface area contributed by atoms with Crippen LogP contribution in [0.3, 0.4) is 0 Å². The molecule has 1 N–H and O–H groups in total. The predicted molar refractivity (Wildman–Crippen MR) is 75.6 cm³/mol. The van der Waals surface area contributed by atoms with E-state index >= 15 is 0 Å². The van der Waals surface area contributed by atoms with Crippen LogP contribution in [0.5, 0.6) is 0 Å². The highest BCUT2D eigenvalue weighted by Gasteiger charge is 2.12. The monoisotopic (exact) mass is 296 g/mol. The Morgan fingerprint density at radius 2 is 2.20 bits per heavy atom. The van der Waals surface area contributed by atoms with Gasteiger partial charge in [-0.15, -0.1) is 11.3 Å². The van der Waals surface area contributed by atoms with Crippen molar-refractivity contribution in [2.45, 2.75) is 26.2 Å². The van der Waals surface area contributed by atoms with Crippen LogP contribution in [0.25, 0.3) is 11.3 Å². The summed E-state index contributed by atoms with van der Waals surface area (Å²) in [5.74, 6) is -1.18. The molecule has 0 aliphatic rings. The molecule has 0 fully saturated rings. The van der Waals surface area contributed by atoms with Crippen LogP contribution in [0.4, 0.5) is 13.9 Å². The molecule has 0 radical (unpaired) electrons. The Kier molecular flexibility index (Phi) is 4.79. The van der Waals surface area contributed by atoms with Gasteiger partial charge in [0.15, 0.2) is 5.13 Å². The van der Waals surface area contributed by atoms with E-state index < -0.39 is 11.6 Å². The molecule has 0 bridgehead atoms. The number of aromatic nitrogens is 1. The lowest BCUT2D eigenvalue weighted by Crippen LogP contribution is -2.10. The Balaban J connectivity index is 2.12. The van der Waals surface area contributed by atoms with Crippen molar-refractivity contribution in [3.63, 3.8) is 0 Å². The summed E-state index contributed by atoms with van der Waals surface area (Å²) < 4.78 is 26.7. The van der Waals surface area contributed by atoms with Crippen LogP contribution in [0.15, 0.2) is 23.6 Å². The van der Waals surface area contributed by atoms with Gasteiger partial charge in [-0.2, -0.15) is 0 Å².